The summed E-state index contributed by atoms with van der Waals surface area (Å²) in [4.78, 5) is 59.0. The van der Waals surface area contributed by atoms with Crippen molar-refractivity contribution in [3.8, 4) is 0 Å². The molecular weight excluding hydrogens is 572 g/mol. The maximum absolute atomic E-state index is 13.8. The number of rotatable bonds is 13. The van der Waals surface area contributed by atoms with Crippen molar-refractivity contribution in [2.45, 2.75) is 94.5 Å². The average Bonchev–Trinajstić information content (AvgIpc) is 3.88. The van der Waals surface area contributed by atoms with E-state index in [-0.39, 0.29) is 18.5 Å². The minimum Gasteiger partial charge on any atom is -0.403 e. The van der Waals surface area contributed by atoms with Crippen LogP contribution in [-0.4, -0.2) is 72.1 Å². The van der Waals surface area contributed by atoms with E-state index in [1.54, 1.807) is 20.8 Å². The van der Waals surface area contributed by atoms with E-state index < -0.39 is 67.4 Å². The first kappa shape index (κ1) is 32.4. The van der Waals surface area contributed by atoms with Gasteiger partial charge in [-0.15, -0.1) is 6.58 Å². The van der Waals surface area contributed by atoms with Gasteiger partial charge in [-0.2, -0.15) is 0 Å². The molecule has 0 aromatic rings. The Bertz CT molecular complexity index is 1360. The molecule has 3 saturated carbocycles. The SMILES string of the molecule is C=C[C@@H]1C[C@]1(NC(=O)[C@@H]1CCCN1C(=O)C(NC(=O)C(=C)/C=N\C=C/N)C(C)(C)C)C(=O)NS(=O)(=O)C1(CC2CC2)CC1. The molecule has 0 spiro atoms. The summed E-state index contributed by atoms with van der Waals surface area (Å²) in [5.74, 6) is -2.42. The molecule has 12 nitrogen and oxygen atoms in total. The number of hydrogen-bond acceptors (Lipinski definition) is 8. The van der Waals surface area contributed by atoms with Crippen LogP contribution in [0.3, 0.4) is 0 Å². The van der Waals surface area contributed by atoms with Gasteiger partial charge in [-0.25, -0.2) is 8.42 Å². The highest BCUT2D eigenvalue weighted by molar-refractivity contribution is 7.91. The van der Waals surface area contributed by atoms with E-state index in [2.05, 4.69) is 33.5 Å². The van der Waals surface area contributed by atoms with Crippen molar-refractivity contribution in [2.24, 2.45) is 28.0 Å². The zero-order valence-corrected chi connectivity index (χ0v) is 26.0. The summed E-state index contributed by atoms with van der Waals surface area (Å²) in [6.45, 7) is 13.1. The molecular formula is C30H44N6O6S. The maximum atomic E-state index is 13.8. The van der Waals surface area contributed by atoms with Crippen LogP contribution in [0.1, 0.15) is 72.1 Å². The molecule has 1 heterocycles. The number of hydrogen-bond donors (Lipinski definition) is 4. The number of nitrogens with zero attached hydrogens (tertiary/aromatic N) is 2. The first-order chi connectivity index (χ1) is 20.1. The monoisotopic (exact) mass is 616 g/mol. The van der Waals surface area contributed by atoms with Crippen molar-refractivity contribution in [1.29, 1.82) is 0 Å². The van der Waals surface area contributed by atoms with Gasteiger partial charge < -0.3 is 21.3 Å². The average molecular weight is 617 g/mol. The number of nitrogens with one attached hydrogen (secondary N) is 3. The lowest BCUT2D eigenvalue weighted by molar-refractivity contribution is -0.144. The highest BCUT2D eigenvalue weighted by Crippen LogP contribution is 2.53. The minimum absolute atomic E-state index is 0.0214. The summed E-state index contributed by atoms with van der Waals surface area (Å²) >= 11 is 0. The molecule has 4 aliphatic rings. The lowest BCUT2D eigenvalue weighted by Gasteiger charge is -2.35. The van der Waals surface area contributed by atoms with Crippen molar-refractivity contribution in [1.82, 2.24) is 20.3 Å². The van der Waals surface area contributed by atoms with Gasteiger partial charge in [0.2, 0.25) is 21.8 Å². The van der Waals surface area contributed by atoms with Crippen molar-refractivity contribution in [3.63, 3.8) is 0 Å². The number of carbonyl (C=O) groups is 4. The topological polar surface area (TPSA) is 180 Å². The molecule has 0 bridgehead atoms. The van der Waals surface area contributed by atoms with Gasteiger partial charge in [-0.1, -0.05) is 46.3 Å². The van der Waals surface area contributed by atoms with E-state index in [9.17, 15) is 27.6 Å². The molecule has 4 atom stereocenters. The molecule has 0 radical (unpaired) electrons. The highest BCUT2D eigenvalue weighted by atomic mass is 32.2. The predicted octanol–water partition coefficient (Wildman–Crippen LogP) is 1.40. The first-order valence-corrected chi connectivity index (χ1v) is 16.3. The fraction of sp³-hybridized carbons (Fsp3) is 0.633. The Morgan fingerprint density at radius 2 is 1.84 bits per heavy atom. The Morgan fingerprint density at radius 3 is 2.37 bits per heavy atom. The molecule has 13 heteroatoms. The quantitative estimate of drug-likeness (QED) is 0.137. The summed E-state index contributed by atoms with van der Waals surface area (Å²) in [5, 5.41) is 5.52. The number of sulfonamides is 1. The van der Waals surface area contributed by atoms with E-state index in [1.807, 2.05) is 0 Å². The van der Waals surface area contributed by atoms with E-state index in [0.717, 1.165) is 12.8 Å². The van der Waals surface area contributed by atoms with Crippen LogP contribution >= 0.6 is 0 Å². The molecule has 1 aliphatic heterocycles. The zero-order chi connectivity index (χ0) is 31.8. The van der Waals surface area contributed by atoms with Crippen LogP contribution in [0.5, 0.6) is 0 Å². The Labute approximate surface area is 253 Å². The fourth-order valence-electron chi connectivity index (χ4n) is 5.81. The summed E-state index contributed by atoms with van der Waals surface area (Å²) < 4.78 is 27.9. The summed E-state index contributed by atoms with van der Waals surface area (Å²) in [7, 11) is -3.93. The Kier molecular flexibility index (Phi) is 8.97. The molecule has 5 N–H and O–H groups in total. The molecule has 0 aromatic carbocycles. The molecule has 4 rings (SSSR count). The van der Waals surface area contributed by atoms with Gasteiger partial charge in [0.15, 0.2) is 0 Å². The molecule has 0 aromatic heterocycles. The van der Waals surface area contributed by atoms with Gasteiger partial charge in [0, 0.05) is 31.1 Å². The standard InChI is InChI=1S/C30H44N6O6S/c1-6-21-17-30(21,27(40)35-43(41,42)29(11-12-29)16-20-9-10-20)34-25(38)22-8-7-15-36(22)26(39)23(28(3,4)5)33-24(37)19(2)18-32-14-13-31/h6,13-14,18,20-23H,1-2,7-12,15-17,31H2,3-5H3,(H,33,37)(H,34,38)(H,35,40)/b14-13-,32-18-/t21-,22+,23?,30-/m1/s1. The third-order valence-corrected chi connectivity index (χ3v) is 11.1. The third kappa shape index (κ3) is 6.86. The van der Waals surface area contributed by atoms with E-state index >= 15 is 0 Å². The molecule has 1 saturated heterocycles. The second-order valence-electron chi connectivity index (χ2n) is 13.4. The fourth-order valence-corrected chi connectivity index (χ4v) is 7.55. The normalized spacial score (nSPS) is 27.0. The van der Waals surface area contributed by atoms with Crippen molar-refractivity contribution >= 4 is 39.9 Å². The van der Waals surface area contributed by atoms with E-state index in [1.165, 1.54) is 29.6 Å². The molecule has 3 aliphatic carbocycles. The second kappa shape index (κ2) is 11.9. The Balaban J connectivity index is 1.46. The van der Waals surface area contributed by atoms with Gasteiger partial charge >= 0.3 is 0 Å². The number of carbonyl (C=O) groups excluding carboxylic acids is 4. The number of aliphatic imine (C=N–C) groups is 1. The number of nitrogens with two attached hydrogens (primary N) is 1. The minimum atomic E-state index is -3.93. The summed E-state index contributed by atoms with van der Waals surface area (Å²) in [6, 6.07) is -1.89. The van der Waals surface area contributed by atoms with Crippen LogP contribution in [0.2, 0.25) is 0 Å². The van der Waals surface area contributed by atoms with E-state index in [4.69, 9.17) is 5.73 Å². The van der Waals surface area contributed by atoms with Crippen molar-refractivity contribution in [3.05, 3.63) is 37.2 Å². The molecule has 236 valence electrons. The second-order valence-corrected chi connectivity index (χ2v) is 15.5. The van der Waals surface area contributed by atoms with Crippen molar-refractivity contribution in [2.75, 3.05) is 6.54 Å². The molecule has 43 heavy (non-hydrogen) atoms. The van der Waals surface area contributed by atoms with Crippen LogP contribution < -0.4 is 21.1 Å². The summed E-state index contributed by atoms with van der Waals surface area (Å²) in [6.07, 6.45) is 9.96. The van der Waals surface area contributed by atoms with Gasteiger partial charge in [0.1, 0.15) is 17.6 Å². The molecule has 4 fully saturated rings. The largest absolute Gasteiger partial charge is 0.403 e. The van der Waals surface area contributed by atoms with Gasteiger partial charge in [0.25, 0.3) is 11.8 Å². The maximum Gasteiger partial charge on any atom is 0.259 e. The Hall–Kier alpha value is -3.48. The van der Waals surface area contributed by atoms with Crippen LogP contribution in [0.15, 0.2) is 42.2 Å². The zero-order valence-electron chi connectivity index (χ0n) is 25.2. The summed E-state index contributed by atoms with van der Waals surface area (Å²) in [5.41, 5.74) is 3.10. The van der Waals surface area contributed by atoms with E-state index in [0.29, 0.717) is 38.0 Å². The molecule has 1 unspecified atom stereocenters. The smallest absolute Gasteiger partial charge is 0.259 e. The Morgan fingerprint density at radius 1 is 1.16 bits per heavy atom. The predicted molar refractivity (Wildman–Crippen MR) is 163 cm³/mol. The number of likely N-dealkylation sites (tertiary alicyclic amines) is 1. The number of amides is 4. The van der Waals surface area contributed by atoms with Gasteiger partial charge in [-0.3, -0.25) is 28.9 Å². The van der Waals surface area contributed by atoms with Crippen molar-refractivity contribution < 1.29 is 27.6 Å². The third-order valence-electron chi connectivity index (χ3n) is 8.93. The lowest BCUT2D eigenvalue weighted by Crippen LogP contribution is -2.60. The van der Waals surface area contributed by atoms with Crippen LogP contribution in [0.25, 0.3) is 0 Å². The van der Waals surface area contributed by atoms with Crippen LogP contribution in [0, 0.1) is 17.3 Å². The highest BCUT2D eigenvalue weighted by Gasteiger charge is 2.64. The van der Waals surface area contributed by atoms with Crippen LogP contribution in [-0.2, 0) is 29.2 Å². The van der Waals surface area contributed by atoms with Gasteiger partial charge in [0.05, 0.1) is 10.3 Å². The lowest BCUT2D eigenvalue weighted by atomic mass is 9.85. The molecule has 4 amide bonds. The first-order valence-electron chi connectivity index (χ1n) is 14.8. The van der Waals surface area contributed by atoms with Crippen LogP contribution in [0.4, 0.5) is 0 Å². The van der Waals surface area contributed by atoms with Gasteiger partial charge in [-0.05, 0) is 49.9 Å².